The Morgan fingerprint density at radius 3 is 2.77 bits per heavy atom. The van der Waals surface area contributed by atoms with E-state index in [9.17, 15) is 10.1 Å². The molecule has 0 aliphatic carbocycles. The van der Waals surface area contributed by atoms with Gasteiger partial charge in [-0.2, -0.15) is 10.4 Å². The van der Waals surface area contributed by atoms with Gasteiger partial charge in [0.1, 0.15) is 16.0 Å². The highest BCUT2D eigenvalue weighted by atomic mass is 32.2. The van der Waals surface area contributed by atoms with Gasteiger partial charge in [-0.15, -0.1) is 0 Å². The summed E-state index contributed by atoms with van der Waals surface area (Å²) in [5, 5.41) is 16.3. The summed E-state index contributed by atoms with van der Waals surface area (Å²) in [5.41, 5.74) is 1.07. The van der Waals surface area contributed by atoms with Gasteiger partial charge in [0, 0.05) is 13.1 Å². The first-order valence-corrected chi connectivity index (χ1v) is 9.41. The van der Waals surface area contributed by atoms with Crippen LogP contribution >= 0.6 is 24.0 Å². The van der Waals surface area contributed by atoms with Crippen molar-refractivity contribution < 1.29 is 9.53 Å². The highest BCUT2D eigenvalue weighted by Crippen LogP contribution is 2.20. The van der Waals surface area contributed by atoms with Crippen LogP contribution in [0.2, 0.25) is 0 Å². The summed E-state index contributed by atoms with van der Waals surface area (Å²) < 4.78 is 7.52. The average Bonchev–Trinajstić information content (AvgIpc) is 3.10. The largest absolute Gasteiger partial charge is 0.378 e. The Morgan fingerprint density at radius 1 is 1.35 bits per heavy atom. The van der Waals surface area contributed by atoms with Gasteiger partial charge in [-0.25, -0.2) is 4.68 Å². The molecule has 134 valence electrons. The molecule has 0 unspecified atom stereocenters. The molecule has 0 spiro atoms. The molecule has 0 bridgehead atoms. The number of nitriles is 1. The number of ether oxygens (including phenoxy) is 1. The van der Waals surface area contributed by atoms with E-state index in [-0.39, 0.29) is 11.7 Å². The van der Waals surface area contributed by atoms with E-state index in [0.29, 0.717) is 28.9 Å². The molecule has 2 aromatic rings. The normalized spacial score (nSPS) is 13.9. The number of benzene rings is 1. The SMILES string of the molecule is N#Cc1cnn(-c2ccccc2)c1NC(=O)CSC(=S)N1CCOCC1. The van der Waals surface area contributed by atoms with Crippen LogP contribution in [0.5, 0.6) is 0 Å². The van der Waals surface area contributed by atoms with Crippen LogP contribution in [0, 0.1) is 11.3 Å². The Hall–Kier alpha value is -2.41. The Balaban J connectivity index is 1.65. The minimum absolute atomic E-state index is 0.168. The fraction of sp³-hybridized carbons (Fsp3) is 0.294. The van der Waals surface area contributed by atoms with Crippen molar-refractivity contribution in [2.45, 2.75) is 0 Å². The molecule has 1 saturated heterocycles. The number of thioether (sulfide) groups is 1. The summed E-state index contributed by atoms with van der Waals surface area (Å²) in [5.74, 6) is 0.294. The number of carbonyl (C=O) groups is 1. The van der Waals surface area contributed by atoms with Crippen LogP contribution in [-0.4, -0.2) is 57.0 Å². The van der Waals surface area contributed by atoms with E-state index in [4.69, 9.17) is 17.0 Å². The smallest absolute Gasteiger partial charge is 0.236 e. The van der Waals surface area contributed by atoms with Gasteiger partial charge in [-0.05, 0) is 12.1 Å². The third-order valence-electron chi connectivity index (χ3n) is 3.74. The van der Waals surface area contributed by atoms with Crippen molar-refractivity contribution in [1.82, 2.24) is 14.7 Å². The molecule has 1 aliphatic heterocycles. The average molecular weight is 387 g/mol. The number of anilines is 1. The molecule has 1 fully saturated rings. The Bertz CT molecular complexity index is 825. The minimum Gasteiger partial charge on any atom is -0.378 e. The summed E-state index contributed by atoms with van der Waals surface area (Å²) in [6.45, 7) is 2.78. The number of morpholine rings is 1. The second-order valence-corrected chi connectivity index (χ2v) is 7.08. The second-order valence-electron chi connectivity index (χ2n) is 5.47. The number of aromatic nitrogens is 2. The Kier molecular flexibility index (Phi) is 6.22. The molecule has 1 amide bonds. The van der Waals surface area contributed by atoms with Gasteiger partial charge >= 0.3 is 0 Å². The summed E-state index contributed by atoms with van der Waals surface area (Å²) >= 11 is 6.68. The molecular formula is C17H17N5O2S2. The Morgan fingerprint density at radius 2 is 2.08 bits per heavy atom. The van der Waals surface area contributed by atoms with Crippen molar-refractivity contribution in [3.05, 3.63) is 42.1 Å². The van der Waals surface area contributed by atoms with Crippen molar-refractivity contribution in [1.29, 1.82) is 5.26 Å². The first-order valence-electron chi connectivity index (χ1n) is 8.02. The quantitative estimate of drug-likeness (QED) is 0.804. The molecule has 0 atom stereocenters. The molecule has 1 aliphatic rings. The van der Waals surface area contributed by atoms with Gasteiger partial charge in [0.25, 0.3) is 0 Å². The number of nitrogens with one attached hydrogen (secondary N) is 1. The number of rotatable bonds is 4. The van der Waals surface area contributed by atoms with Crippen LogP contribution in [0.25, 0.3) is 5.69 Å². The van der Waals surface area contributed by atoms with E-state index in [1.807, 2.05) is 35.2 Å². The zero-order valence-electron chi connectivity index (χ0n) is 13.9. The molecule has 0 radical (unpaired) electrons. The lowest BCUT2D eigenvalue weighted by Crippen LogP contribution is -2.39. The second kappa shape index (κ2) is 8.80. The molecule has 3 rings (SSSR count). The third-order valence-corrected chi connectivity index (χ3v) is 5.27. The van der Waals surface area contributed by atoms with E-state index in [1.165, 1.54) is 18.0 Å². The zero-order valence-corrected chi connectivity index (χ0v) is 15.6. The topological polar surface area (TPSA) is 83.2 Å². The van der Waals surface area contributed by atoms with Gasteiger partial charge in [-0.3, -0.25) is 4.79 Å². The lowest BCUT2D eigenvalue weighted by atomic mass is 10.3. The number of thiocarbonyl (C=S) groups is 1. The van der Waals surface area contributed by atoms with Crippen LogP contribution in [0.1, 0.15) is 5.56 Å². The van der Waals surface area contributed by atoms with E-state index in [1.54, 1.807) is 4.68 Å². The van der Waals surface area contributed by atoms with Crippen molar-refractivity contribution in [2.75, 3.05) is 37.4 Å². The minimum atomic E-state index is -0.236. The van der Waals surface area contributed by atoms with Crippen LogP contribution in [-0.2, 0) is 9.53 Å². The van der Waals surface area contributed by atoms with Crippen molar-refractivity contribution in [3.8, 4) is 11.8 Å². The predicted molar refractivity (Wildman–Crippen MR) is 104 cm³/mol. The van der Waals surface area contributed by atoms with Gasteiger partial charge in [0.2, 0.25) is 5.91 Å². The lowest BCUT2D eigenvalue weighted by Gasteiger charge is -2.28. The van der Waals surface area contributed by atoms with E-state index in [0.717, 1.165) is 18.8 Å². The Labute approximate surface area is 160 Å². The number of carbonyl (C=O) groups excluding carboxylic acids is 1. The van der Waals surface area contributed by atoms with Gasteiger partial charge < -0.3 is 15.0 Å². The summed E-state index contributed by atoms with van der Waals surface area (Å²) in [6, 6.07) is 11.4. The number of hydrogen-bond donors (Lipinski definition) is 1. The van der Waals surface area contributed by atoms with Crippen LogP contribution in [0.15, 0.2) is 36.5 Å². The van der Waals surface area contributed by atoms with Gasteiger partial charge in [0.15, 0.2) is 5.82 Å². The maximum Gasteiger partial charge on any atom is 0.236 e. The van der Waals surface area contributed by atoms with Crippen molar-refractivity contribution in [2.24, 2.45) is 0 Å². The molecule has 0 saturated carbocycles. The molecular weight excluding hydrogens is 370 g/mol. The third kappa shape index (κ3) is 4.40. The number of amides is 1. The molecule has 1 aromatic carbocycles. The molecule has 2 heterocycles. The van der Waals surface area contributed by atoms with Crippen LogP contribution in [0.4, 0.5) is 5.82 Å². The first-order chi connectivity index (χ1) is 12.7. The van der Waals surface area contributed by atoms with E-state index < -0.39 is 0 Å². The summed E-state index contributed by atoms with van der Waals surface area (Å²) in [6.07, 6.45) is 1.44. The fourth-order valence-electron chi connectivity index (χ4n) is 2.45. The molecule has 1 N–H and O–H groups in total. The van der Waals surface area contributed by atoms with Crippen molar-refractivity contribution in [3.63, 3.8) is 0 Å². The van der Waals surface area contributed by atoms with E-state index >= 15 is 0 Å². The molecule has 1 aromatic heterocycles. The zero-order chi connectivity index (χ0) is 18.4. The standard InChI is InChI=1S/C17H17N5O2S2/c18-10-13-11-19-22(14-4-2-1-3-5-14)16(13)20-15(23)12-26-17(25)21-6-8-24-9-7-21/h1-5,11H,6-9,12H2,(H,20,23). The summed E-state index contributed by atoms with van der Waals surface area (Å²) in [4.78, 5) is 14.4. The maximum atomic E-state index is 12.4. The monoisotopic (exact) mass is 387 g/mol. The fourth-order valence-corrected chi connectivity index (χ4v) is 3.50. The highest BCUT2D eigenvalue weighted by Gasteiger charge is 2.18. The molecule has 9 heteroatoms. The van der Waals surface area contributed by atoms with Crippen molar-refractivity contribution >= 4 is 40.0 Å². The van der Waals surface area contributed by atoms with Gasteiger partial charge in [0.05, 0.1) is 30.9 Å². The molecule has 7 nitrogen and oxygen atoms in total. The number of para-hydroxylation sites is 1. The van der Waals surface area contributed by atoms with Gasteiger partial charge in [-0.1, -0.05) is 42.2 Å². The van der Waals surface area contributed by atoms with Crippen LogP contribution < -0.4 is 5.32 Å². The number of nitrogens with zero attached hydrogens (tertiary/aromatic N) is 4. The molecule has 26 heavy (non-hydrogen) atoms. The van der Waals surface area contributed by atoms with Crippen LogP contribution in [0.3, 0.4) is 0 Å². The maximum absolute atomic E-state index is 12.4. The number of hydrogen-bond acceptors (Lipinski definition) is 6. The first kappa shape index (κ1) is 18.4. The highest BCUT2D eigenvalue weighted by molar-refractivity contribution is 8.23. The summed E-state index contributed by atoms with van der Waals surface area (Å²) in [7, 11) is 0. The lowest BCUT2D eigenvalue weighted by molar-refractivity contribution is -0.113. The predicted octanol–water partition coefficient (Wildman–Crippen LogP) is 2.03. The van der Waals surface area contributed by atoms with E-state index in [2.05, 4.69) is 16.5 Å².